The maximum atomic E-state index is 13.6. The van der Waals surface area contributed by atoms with Crippen molar-refractivity contribution in [2.24, 2.45) is 5.92 Å². The molecule has 0 aromatic heterocycles. The lowest BCUT2D eigenvalue weighted by Crippen LogP contribution is -2.49. The van der Waals surface area contributed by atoms with Crippen LogP contribution in [0.1, 0.15) is 26.2 Å². The Morgan fingerprint density at radius 2 is 2.00 bits per heavy atom. The Hall–Kier alpha value is -1.46. The lowest BCUT2D eigenvalue weighted by molar-refractivity contribution is -0.129. The summed E-state index contributed by atoms with van der Waals surface area (Å²) >= 11 is 0. The van der Waals surface area contributed by atoms with Crippen molar-refractivity contribution in [3.05, 3.63) is 30.1 Å². The van der Waals surface area contributed by atoms with E-state index in [1.165, 1.54) is 12.1 Å². The summed E-state index contributed by atoms with van der Waals surface area (Å²) < 4.78 is 24.6. The van der Waals surface area contributed by atoms with Gasteiger partial charge in [-0.3, -0.25) is 4.79 Å². The fraction of sp³-hybridized carbons (Fsp3) is 0.588. The second-order valence-corrected chi connectivity index (χ2v) is 6.09. The minimum absolute atomic E-state index is 0.0412. The van der Waals surface area contributed by atoms with Crippen molar-refractivity contribution >= 4 is 11.6 Å². The molecule has 5 heteroatoms. The zero-order valence-electron chi connectivity index (χ0n) is 12.8. The molecule has 2 aliphatic heterocycles. The largest absolute Gasteiger partial charge is 0.381 e. The SMILES string of the molecule is C[C@H]1CCO[C@@H]1C(=O)N(c1cccc(F)c1)C1CCOCC1. The minimum Gasteiger partial charge on any atom is -0.381 e. The zero-order valence-corrected chi connectivity index (χ0v) is 12.8. The number of nitrogens with zero attached hydrogens (tertiary/aromatic N) is 1. The Labute approximate surface area is 130 Å². The van der Waals surface area contributed by atoms with Crippen LogP contribution in [-0.2, 0) is 14.3 Å². The molecule has 120 valence electrons. The summed E-state index contributed by atoms with van der Waals surface area (Å²) in [4.78, 5) is 14.7. The molecule has 3 rings (SSSR count). The van der Waals surface area contributed by atoms with Crippen LogP contribution in [-0.4, -0.2) is 37.9 Å². The van der Waals surface area contributed by atoms with Crippen LogP contribution in [0.3, 0.4) is 0 Å². The molecule has 2 fully saturated rings. The van der Waals surface area contributed by atoms with Crippen LogP contribution in [0.5, 0.6) is 0 Å². The molecular weight excluding hydrogens is 285 g/mol. The Morgan fingerprint density at radius 1 is 1.23 bits per heavy atom. The predicted octanol–water partition coefficient (Wildman–Crippen LogP) is 2.76. The summed E-state index contributed by atoms with van der Waals surface area (Å²) in [6.07, 6.45) is 2.00. The molecule has 0 unspecified atom stereocenters. The van der Waals surface area contributed by atoms with Gasteiger partial charge in [-0.2, -0.15) is 0 Å². The van der Waals surface area contributed by atoms with Crippen molar-refractivity contribution in [3.63, 3.8) is 0 Å². The predicted molar refractivity (Wildman–Crippen MR) is 81.2 cm³/mol. The number of carbonyl (C=O) groups excluding carboxylic acids is 1. The molecular formula is C17H22FNO3. The van der Waals surface area contributed by atoms with Crippen LogP contribution in [0.2, 0.25) is 0 Å². The molecule has 4 nitrogen and oxygen atoms in total. The van der Waals surface area contributed by atoms with Crippen molar-refractivity contribution in [2.45, 2.75) is 38.3 Å². The van der Waals surface area contributed by atoms with Gasteiger partial charge in [-0.25, -0.2) is 4.39 Å². The third-order valence-corrected chi connectivity index (χ3v) is 4.51. The van der Waals surface area contributed by atoms with E-state index in [9.17, 15) is 9.18 Å². The molecule has 0 saturated carbocycles. The van der Waals surface area contributed by atoms with Gasteiger partial charge in [0.25, 0.3) is 5.91 Å². The van der Waals surface area contributed by atoms with Gasteiger partial charge in [-0.1, -0.05) is 13.0 Å². The second kappa shape index (κ2) is 6.75. The fourth-order valence-corrected chi connectivity index (χ4v) is 3.24. The van der Waals surface area contributed by atoms with Crippen molar-refractivity contribution < 1.29 is 18.7 Å². The molecule has 2 atom stereocenters. The van der Waals surface area contributed by atoms with E-state index in [0.29, 0.717) is 25.5 Å². The van der Waals surface area contributed by atoms with Gasteiger partial charge in [-0.15, -0.1) is 0 Å². The van der Waals surface area contributed by atoms with E-state index in [4.69, 9.17) is 9.47 Å². The summed E-state index contributed by atoms with van der Waals surface area (Å²) in [5.74, 6) is -0.186. The third-order valence-electron chi connectivity index (χ3n) is 4.51. The number of amides is 1. The highest BCUT2D eigenvalue weighted by Gasteiger charge is 2.37. The number of ether oxygens (including phenoxy) is 2. The molecule has 0 radical (unpaired) electrons. The van der Waals surface area contributed by atoms with Crippen molar-refractivity contribution in [2.75, 3.05) is 24.7 Å². The van der Waals surface area contributed by atoms with E-state index < -0.39 is 6.10 Å². The van der Waals surface area contributed by atoms with Crippen molar-refractivity contribution in [3.8, 4) is 0 Å². The number of rotatable bonds is 3. The molecule has 0 bridgehead atoms. The Balaban J connectivity index is 1.89. The standard InChI is InChI=1S/C17H22FNO3/c1-12-5-10-22-16(12)17(20)19(14-6-8-21-9-7-14)15-4-2-3-13(18)11-15/h2-4,11-12,14,16H,5-10H2,1H3/t12-,16-/m0/s1. The molecule has 0 aliphatic carbocycles. The quantitative estimate of drug-likeness (QED) is 0.862. The topological polar surface area (TPSA) is 38.8 Å². The van der Waals surface area contributed by atoms with Gasteiger partial charge in [0.15, 0.2) is 0 Å². The van der Waals surface area contributed by atoms with E-state index >= 15 is 0 Å². The molecule has 2 saturated heterocycles. The maximum absolute atomic E-state index is 13.6. The first-order valence-corrected chi connectivity index (χ1v) is 7.95. The highest BCUT2D eigenvalue weighted by molar-refractivity contribution is 5.97. The molecule has 0 N–H and O–H groups in total. The van der Waals surface area contributed by atoms with Crippen LogP contribution in [0, 0.1) is 11.7 Å². The van der Waals surface area contributed by atoms with Crippen molar-refractivity contribution in [1.29, 1.82) is 0 Å². The summed E-state index contributed by atoms with van der Waals surface area (Å²) in [5.41, 5.74) is 0.611. The lowest BCUT2D eigenvalue weighted by atomic mass is 9.99. The number of benzene rings is 1. The summed E-state index contributed by atoms with van der Waals surface area (Å²) in [6, 6.07) is 6.29. The van der Waals surface area contributed by atoms with Crippen LogP contribution >= 0.6 is 0 Å². The third kappa shape index (κ3) is 3.15. The van der Waals surface area contributed by atoms with Gasteiger partial charge in [0, 0.05) is 31.5 Å². The van der Waals surface area contributed by atoms with E-state index in [1.54, 1.807) is 17.0 Å². The van der Waals surface area contributed by atoms with Gasteiger partial charge >= 0.3 is 0 Å². The van der Waals surface area contributed by atoms with Gasteiger partial charge in [0.05, 0.1) is 0 Å². The average Bonchev–Trinajstić information content (AvgIpc) is 2.95. The van der Waals surface area contributed by atoms with Gasteiger partial charge in [-0.05, 0) is 43.4 Å². The summed E-state index contributed by atoms with van der Waals surface area (Å²) in [7, 11) is 0. The van der Waals surface area contributed by atoms with E-state index in [0.717, 1.165) is 19.3 Å². The van der Waals surface area contributed by atoms with Crippen LogP contribution < -0.4 is 4.90 Å². The van der Waals surface area contributed by atoms with E-state index in [2.05, 4.69) is 0 Å². The van der Waals surface area contributed by atoms with Crippen LogP contribution in [0.15, 0.2) is 24.3 Å². The minimum atomic E-state index is -0.425. The molecule has 1 amide bonds. The first-order chi connectivity index (χ1) is 10.7. The first-order valence-electron chi connectivity index (χ1n) is 7.95. The van der Waals surface area contributed by atoms with E-state index in [-0.39, 0.29) is 23.7 Å². The Kier molecular flexibility index (Phi) is 4.74. The molecule has 2 heterocycles. The monoisotopic (exact) mass is 307 g/mol. The fourth-order valence-electron chi connectivity index (χ4n) is 3.24. The molecule has 22 heavy (non-hydrogen) atoms. The normalized spacial score (nSPS) is 26.1. The first kappa shape index (κ1) is 15.4. The van der Waals surface area contributed by atoms with E-state index in [1.807, 2.05) is 6.92 Å². The molecule has 1 aromatic carbocycles. The number of hydrogen-bond donors (Lipinski definition) is 0. The van der Waals surface area contributed by atoms with Crippen LogP contribution in [0.25, 0.3) is 0 Å². The van der Waals surface area contributed by atoms with Crippen molar-refractivity contribution in [1.82, 2.24) is 0 Å². The highest BCUT2D eigenvalue weighted by atomic mass is 19.1. The number of hydrogen-bond acceptors (Lipinski definition) is 3. The molecule has 0 spiro atoms. The number of anilines is 1. The average molecular weight is 307 g/mol. The molecule has 2 aliphatic rings. The van der Waals surface area contributed by atoms with Gasteiger partial charge in [0.1, 0.15) is 11.9 Å². The van der Waals surface area contributed by atoms with Crippen LogP contribution in [0.4, 0.5) is 10.1 Å². The molecule has 1 aromatic rings. The number of carbonyl (C=O) groups is 1. The maximum Gasteiger partial charge on any atom is 0.256 e. The Bertz CT molecular complexity index is 530. The second-order valence-electron chi connectivity index (χ2n) is 6.09. The summed E-state index contributed by atoms with van der Waals surface area (Å²) in [6.45, 7) is 3.90. The number of halogens is 1. The highest BCUT2D eigenvalue weighted by Crippen LogP contribution is 2.29. The zero-order chi connectivity index (χ0) is 15.5. The van der Waals surface area contributed by atoms with Gasteiger partial charge in [0.2, 0.25) is 0 Å². The van der Waals surface area contributed by atoms with Gasteiger partial charge < -0.3 is 14.4 Å². The Morgan fingerprint density at radius 3 is 2.64 bits per heavy atom. The lowest BCUT2D eigenvalue weighted by Gasteiger charge is -2.36. The summed E-state index contributed by atoms with van der Waals surface area (Å²) in [5, 5.41) is 0. The smallest absolute Gasteiger partial charge is 0.256 e.